The van der Waals surface area contributed by atoms with Crippen LogP contribution in [0.15, 0.2) is 0 Å². The van der Waals surface area contributed by atoms with Crippen molar-refractivity contribution in [3.63, 3.8) is 0 Å². The normalized spacial score (nSPS) is 71.8. The lowest BCUT2D eigenvalue weighted by Gasteiger charge is -2.75. The molecule has 9 aliphatic rings. The number of rotatable bonds is 1. The van der Waals surface area contributed by atoms with E-state index in [0.717, 1.165) is 25.8 Å². The molecule has 9 fully saturated rings. The van der Waals surface area contributed by atoms with Crippen molar-refractivity contribution in [3.05, 3.63) is 0 Å². The molecule has 138 valence electrons. The van der Waals surface area contributed by atoms with Crippen LogP contribution in [0.4, 0.5) is 0 Å². The van der Waals surface area contributed by atoms with Crippen molar-refractivity contribution in [1.29, 1.82) is 0 Å². The van der Waals surface area contributed by atoms with Crippen molar-refractivity contribution in [3.8, 4) is 0 Å². The van der Waals surface area contributed by atoms with Gasteiger partial charge in [-0.15, -0.1) is 0 Å². The van der Waals surface area contributed by atoms with E-state index in [9.17, 15) is 10.2 Å². The zero-order chi connectivity index (χ0) is 16.9. The van der Waals surface area contributed by atoms with Crippen molar-refractivity contribution in [2.45, 2.75) is 82.5 Å². The van der Waals surface area contributed by atoms with Gasteiger partial charge in [-0.05, 0) is 62.8 Å². The van der Waals surface area contributed by atoms with Gasteiger partial charge in [0.25, 0.3) is 0 Å². The van der Waals surface area contributed by atoms with Gasteiger partial charge in [-0.1, -0.05) is 13.8 Å². The molecule has 0 radical (unpaired) electrons. The molecule has 0 amide bonds. The first-order chi connectivity index (χ1) is 12.0. The van der Waals surface area contributed by atoms with Crippen LogP contribution in [0.25, 0.3) is 0 Å². The zero-order valence-electron chi connectivity index (χ0n) is 15.4. The first-order valence-corrected chi connectivity index (χ1v) is 10.8. The van der Waals surface area contributed by atoms with Crippen molar-refractivity contribution >= 4 is 0 Å². The fraction of sp³-hybridized carbons (Fsp3) is 1.00. The van der Waals surface area contributed by atoms with Gasteiger partial charge in [0.05, 0.1) is 17.8 Å². The standard InChI is InChI=1S/C21H31NO3/c1-3-22-17-12-9-13-19(2)6-5-14(25-18(19)22)21(13,17)11-8-10-4-7-20(12,24)15(11)16(10)23/h10-18,23-24H,3-9H2,1-2H3. The number of hydrogen-bond donors (Lipinski definition) is 2. The maximum atomic E-state index is 12.0. The number of hydrogen-bond acceptors (Lipinski definition) is 4. The van der Waals surface area contributed by atoms with Gasteiger partial charge in [0, 0.05) is 28.7 Å². The van der Waals surface area contributed by atoms with Gasteiger partial charge >= 0.3 is 0 Å². The van der Waals surface area contributed by atoms with E-state index in [2.05, 4.69) is 18.7 Å². The number of aliphatic hydroxyl groups excluding tert-OH is 1. The van der Waals surface area contributed by atoms with Gasteiger partial charge in [0.2, 0.25) is 0 Å². The molecule has 25 heavy (non-hydrogen) atoms. The molecule has 2 N–H and O–H groups in total. The van der Waals surface area contributed by atoms with E-state index < -0.39 is 5.60 Å². The minimum Gasteiger partial charge on any atom is -0.392 e. The highest BCUT2D eigenvalue weighted by Gasteiger charge is 2.86. The predicted octanol–water partition coefficient (Wildman–Crippen LogP) is 1.99. The van der Waals surface area contributed by atoms with E-state index in [-0.39, 0.29) is 29.1 Å². The summed E-state index contributed by atoms with van der Waals surface area (Å²) >= 11 is 0. The maximum Gasteiger partial charge on any atom is 0.116 e. The van der Waals surface area contributed by atoms with Crippen LogP contribution in [-0.2, 0) is 4.74 Å². The number of fused-ring (bicyclic) bond motifs is 3. The van der Waals surface area contributed by atoms with Crippen LogP contribution in [0.1, 0.15) is 52.4 Å². The van der Waals surface area contributed by atoms with Gasteiger partial charge < -0.3 is 14.9 Å². The predicted molar refractivity (Wildman–Crippen MR) is 91.5 cm³/mol. The first-order valence-electron chi connectivity index (χ1n) is 10.8. The SMILES string of the molecule is CCN1C2OC3CCC2(C)C2CC4C1C32C1CC2CCC4(O)C1C2O. The van der Waals surface area contributed by atoms with E-state index >= 15 is 0 Å². The molecule has 0 aromatic carbocycles. The van der Waals surface area contributed by atoms with Crippen LogP contribution in [0.2, 0.25) is 0 Å². The summed E-state index contributed by atoms with van der Waals surface area (Å²) in [7, 11) is 0. The van der Waals surface area contributed by atoms with Gasteiger partial charge in [0.15, 0.2) is 0 Å². The van der Waals surface area contributed by atoms with E-state index in [4.69, 9.17) is 4.74 Å². The molecule has 4 aliphatic heterocycles. The molecule has 12 atom stereocenters. The average Bonchev–Trinajstić information content (AvgIpc) is 3.03. The molecule has 0 aromatic heterocycles. The Labute approximate surface area is 149 Å². The zero-order valence-corrected chi connectivity index (χ0v) is 15.4. The summed E-state index contributed by atoms with van der Waals surface area (Å²) in [5.41, 5.74) is -0.178. The maximum absolute atomic E-state index is 12.0. The van der Waals surface area contributed by atoms with Crippen LogP contribution in [0.5, 0.6) is 0 Å². The fourth-order valence-corrected chi connectivity index (χ4v) is 10.3. The summed E-state index contributed by atoms with van der Waals surface area (Å²) in [5.74, 6) is 2.04. The lowest BCUT2D eigenvalue weighted by molar-refractivity contribution is -0.390. The highest BCUT2D eigenvalue weighted by atomic mass is 16.5. The molecule has 5 saturated carbocycles. The van der Waals surface area contributed by atoms with Gasteiger partial charge in [-0.2, -0.15) is 0 Å². The monoisotopic (exact) mass is 345 g/mol. The summed E-state index contributed by atoms with van der Waals surface area (Å²) in [5, 5.41) is 23.1. The number of nitrogens with zero attached hydrogens (tertiary/aromatic N) is 1. The lowest BCUT2D eigenvalue weighted by Crippen LogP contribution is -2.82. The smallest absolute Gasteiger partial charge is 0.116 e. The van der Waals surface area contributed by atoms with Crippen LogP contribution >= 0.6 is 0 Å². The third kappa shape index (κ3) is 1.19. The van der Waals surface area contributed by atoms with E-state index in [1.165, 1.54) is 19.3 Å². The second-order valence-corrected chi connectivity index (χ2v) is 10.8. The Morgan fingerprint density at radius 2 is 2.00 bits per heavy atom. The summed E-state index contributed by atoms with van der Waals surface area (Å²) in [6.07, 6.45) is 7.10. The van der Waals surface area contributed by atoms with Gasteiger partial charge in [0.1, 0.15) is 6.23 Å². The fourth-order valence-electron chi connectivity index (χ4n) is 10.3. The minimum atomic E-state index is -0.630. The third-order valence-corrected chi connectivity index (χ3v) is 10.8. The highest BCUT2D eigenvalue weighted by molar-refractivity contribution is 5.34. The third-order valence-electron chi connectivity index (χ3n) is 10.8. The van der Waals surface area contributed by atoms with Crippen molar-refractivity contribution in [1.82, 2.24) is 4.90 Å². The topological polar surface area (TPSA) is 52.9 Å². The van der Waals surface area contributed by atoms with Crippen LogP contribution < -0.4 is 0 Å². The Morgan fingerprint density at radius 3 is 2.80 bits per heavy atom. The van der Waals surface area contributed by atoms with Gasteiger partial charge in [-0.25, -0.2) is 0 Å². The Kier molecular flexibility index (Phi) is 2.37. The van der Waals surface area contributed by atoms with Crippen molar-refractivity contribution in [2.24, 2.45) is 40.4 Å². The molecule has 4 nitrogen and oxygen atoms in total. The quantitative estimate of drug-likeness (QED) is 0.763. The highest BCUT2D eigenvalue weighted by Crippen LogP contribution is 2.82. The van der Waals surface area contributed by atoms with Crippen LogP contribution in [0, 0.1) is 40.4 Å². The van der Waals surface area contributed by atoms with Crippen LogP contribution in [0.3, 0.4) is 0 Å². The Balaban J connectivity index is 1.52. The van der Waals surface area contributed by atoms with Crippen molar-refractivity contribution < 1.29 is 14.9 Å². The van der Waals surface area contributed by atoms with Crippen LogP contribution in [-0.4, -0.2) is 51.7 Å². The molecule has 4 saturated heterocycles. The average molecular weight is 345 g/mol. The molecule has 9 bridgehead atoms. The number of aliphatic hydroxyl groups is 2. The molecule has 0 aromatic rings. The largest absolute Gasteiger partial charge is 0.392 e. The molecule has 4 heteroatoms. The molecule has 5 aliphatic carbocycles. The molecule has 9 rings (SSSR count). The molecular weight excluding hydrogens is 314 g/mol. The number of ether oxygens (including phenoxy) is 1. The Bertz CT molecular complexity index is 670. The molecule has 12 unspecified atom stereocenters. The van der Waals surface area contributed by atoms with Gasteiger partial charge in [-0.3, -0.25) is 4.90 Å². The van der Waals surface area contributed by atoms with E-state index in [1.807, 2.05) is 0 Å². The second kappa shape index (κ2) is 3.99. The minimum absolute atomic E-state index is 0.110. The summed E-state index contributed by atoms with van der Waals surface area (Å²) in [6, 6.07) is 0.495. The Morgan fingerprint density at radius 1 is 1.16 bits per heavy atom. The van der Waals surface area contributed by atoms with E-state index in [0.29, 0.717) is 35.8 Å². The second-order valence-electron chi connectivity index (χ2n) is 10.8. The van der Waals surface area contributed by atoms with Crippen molar-refractivity contribution in [2.75, 3.05) is 6.54 Å². The lowest BCUT2D eigenvalue weighted by atomic mass is 9.41. The Hall–Kier alpha value is -0.160. The molecule has 1 spiro atoms. The number of piperidine rings is 1. The van der Waals surface area contributed by atoms with E-state index in [1.54, 1.807) is 0 Å². The summed E-state index contributed by atoms with van der Waals surface area (Å²) in [4.78, 5) is 2.66. The molecule has 4 heterocycles. The molecular formula is C21H31NO3. The summed E-state index contributed by atoms with van der Waals surface area (Å²) < 4.78 is 6.78. The summed E-state index contributed by atoms with van der Waals surface area (Å²) in [6.45, 7) is 5.80. The first kappa shape index (κ1) is 14.8.